The fourth-order valence-electron chi connectivity index (χ4n) is 3.12. The zero-order valence-electron chi connectivity index (χ0n) is 13.9. The van der Waals surface area contributed by atoms with Crippen LogP contribution < -0.4 is 15.2 Å². The number of allylic oxidation sites excluding steroid dienone is 1. The number of pyridine rings is 1. The second kappa shape index (κ2) is 6.26. The number of nitrogens with one attached hydrogen (secondary N) is 1. The van der Waals surface area contributed by atoms with E-state index < -0.39 is 5.92 Å². The van der Waals surface area contributed by atoms with Crippen molar-refractivity contribution in [1.82, 2.24) is 15.2 Å². The summed E-state index contributed by atoms with van der Waals surface area (Å²) in [6, 6.07) is 13.5. The lowest BCUT2D eigenvalue weighted by molar-refractivity contribution is 0.379. The Balaban J connectivity index is 1.94. The summed E-state index contributed by atoms with van der Waals surface area (Å²) in [4.78, 5) is 4.18. The maximum atomic E-state index is 9.66. The lowest BCUT2D eigenvalue weighted by Gasteiger charge is -2.23. The van der Waals surface area contributed by atoms with Crippen molar-refractivity contribution >= 4 is 0 Å². The minimum Gasteiger partial charge on any atom is -0.497 e. The molecule has 3 aromatic rings. The molecule has 1 aromatic carbocycles. The molecule has 0 amide bonds. The highest BCUT2D eigenvalue weighted by molar-refractivity contribution is 5.71. The molecule has 0 spiro atoms. The van der Waals surface area contributed by atoms with Gasteiger partial charge < -0.3 is 15.2 Å². The van der Waals surface area contributed by atoms with Crippen LogP contribution in [0.25, 0.3) is 11.3 Å². The minimum absolute atomic E-state index is 0.0533. The number of hydrogen-bond donors (Lipinski definition) is 2. The summed E-state index contributed by atoms with van der Waals surface area (Å²) < 4.78 is 10.9. The molecule has 1 aliphatic heterocycles. The molecule has 0 unspecified atom stereocenters. The molecule has 0 bridgehead atoms. The van der Waals surface area contributed by atoms with Gasteiger partial charge in [-0.1, -0.05) is 18.2 Å². The molecule has 1 atom stereocenters. The number of ether oxygens (including phenoxy) is 2. The summed E-state index contributed by atoms with van der Waals surface area (Å²) in [7, 11) is 1.61. The topological polar surface area (TPSA) is 110 Å². The van der Waals surface area contributed by atoms with Crippen molar-refractivity contribution in [2.45, 2.75) is 5.92 Å². The van der Waals surface area contributed by atoms with Gasteiger partial charge in [-0.2, -0.15) is 5.26 Å². The molecule has 3 heterocycles. The zero-order chi connectivity index (χ0) is 18.1. The third kappa shape index (κ3) is 2.45. The Morgan fingerprint density at radius 3 is 2.92 bits per heavy atom. The van der Waals surface area contributed by atoms with Gasteiger partial charge in [-0.25, -0.2) is 0 Å². The third-order valence-corrected chi connectivity index (χ3v) is 4.32. The molecule has 0 aliphatic carbocycles. The van der Waals surface area contributed by atoms with Crippen molar-refractivity contribution in [2.24, 2.45) is 5.73 Å². The van der Waals surface area contributed by atoms with Gasteiger partial charge >= 0.3 is 0 Å². The van der Waals surface area contributed by atoms with Crippen LogP contribution in [0, 0.1) is 11.3 Å². The van der Waals surface area contributed by atoms with Gasteiger partial charge in [0.05, 0.1) is 24.3 Å². The Morgan fingerprint density at radius 2 is 2.19 bits per heavy atom. The highest BCUT2D eigenvalue weighted by atomic mass is 16.5. The highest BCUT2D eigenvalue weighted by Gasteiger charge is 2.35. The van der Waals surface area contributed by atoms with E-state index in [4.69, 9.17) is 15.2 Å². The lowest BCUT2D eigenvalue weighted by atomic mass is 9.84. The molecule has 1 aliphatic rings. The van der Waals surface area contributed by atoms with Crippen LogP contribution in [0.2, 0.25) is 0 Å². The average Bonchev–Trinajstić information content (AvgIpc) is 3.10. The van der Waals surface area contributed by atoms with Gasteiger partial charge in [-0.15, -0.1) is 5.10 Å². The Bertz CT molecular complexity index is 1030. The van der Waals surface area contributed by atoms with Gasteiger partial charge in [0, 0.05) is 18.0 Å². The first-order chi connectivity index (χ1) is 12.7. The van der Waals surface area contributed by atoms with Gasteiger partial charge in [0.25, 0.3) is 0 Å². The molecule has 0 saturated heterocycles. The van der Waals surface area contributed by atoms with E-state index in [1.807, 2.05) is 36.4 Å². The Hall–Kier alpha value is -3.79. The predicted molar refractivity (Wildman–Crippen MR) is 94.1 cm³/mol. The summed E-state index contributed by atoms with van der Waals surface area (Å²) in [5.41, 5.74) is 9.49. The molecule has 7 heteroatoms. The van der Waals surface area contributed by atoms with E-state index in [-0.39, 0.29) is 5.88 Å². The van der Waals surface area contributed by atoms with Gasteiger partial charge in [0.15, 0.2) is 0 Å². The van der Waals surface area contributed by atoms with Crippen molar-refractivity contribution in [3.8, 4) is 29.0 Å². The van der Waals surface area contributed by atoms with Gasteiger partial charge in [-0.05, 0) is 23.8 Å². The second-order valence-corrected chi connectivity index (χ2v) is 5.76. The molecule has 26 heavy (non-hydrogen) atoms. The van der Waals surface area contributed by atoms with Gasteiger partial charge in [-0.3, -0.25) is 10.1 Å². The number of methoxy groups -OCH3 is 1. The van der Waals surface area contributed by atoms with Crippen LogP contribution in [0.1, 0.15) is 17.0 Å². The van der Waals surface area contributed by atoms with E-state index in [1.165, 1.54) is 0 Å². The average molecular weight is 345 g/mol. The summed E-state index contributed by atoms with van der Waals surface area (Å²) in [5, 5.41) is 16.9. The fourth-order valence-corrected chi connectivity index (χ4v) is 3.12. The molecule has 0 saturated carbocycles. The van der Waals surface area contributed by atoms with Crippen molar-refractivity contribution in [3.63, 3.8) is 0 Å². The van der Waals surface area contributed by atoms with E-state index in [0.717, 1.165) is 28.1 Å². The molecular weight excluding hydrogens is 330 g/mol. The Kier molecular flexibility index (Phi) is 3.78. The second-order valence-electron chi connectivity index (χ2n) is 5.76. The van der Waals surface area contributed by atoms with E-state index in [1.54, 1.807) is 19.5 Å². The predicted octanol–water partition coefficient (Wildman–Crippen LogP) is 2.70. The van der Waals surface area contributed by atoms with Gasteiger partial charge in [0.1, 0.15) is 17.4 Å². The molecule has 4 rings (SSSR count). The zero-order valence-corrected chi connectivity index (χ0v) is 13.9. The van der Waals surface area contributed by atoms with Crippen molar-refractivity contribution in [3.05, 3.63) is 71.4 Å². The van der Waals surface area contributed by atoms with E-state index in [2.05, 4.69) is 21.3 Å². The van der Waals surface area contributed by atoms with Crippen LogP contribution in [0.5, 0.6) is 11.6 Å². The molecular formula is C19H15N5O2. The number of fused-ring (bicyclic) bond motifs is 1. The van der Waals surface area contributed by atoms with Crippen molar-refractivity contribution in [2.75, 3.05) is 7.11 Å². The fraction of sp³-hybridized carbons (Fsp3) is 0.105. The Morgan fingerprint density at radius 1 is 1.31 bits per heavy atom. The largest absolute Gasteiger partial charge is 0.497 e. The molecule has 0 fully saturated rings. The van der Waals surface area contributed by atoms with E-state index >= 15 is 0 Å². The summed E-state index contributed by atoms with van der Waals surface area (Å²) in [5.74, 6) is 0.708. The SMILES string of the molecule is COc1cccc(-c2[nH]nc3c2[C@H](c2cccnc2)C(C#N)=C(N)O3)c1. The van der Waals surface area contributed by atoms with Crippen LogP contribution in [0.15, 0.2) is 60.2 Å². The summed E-state index contributed by atoms with van der Waals surface area (Å²) in [6.07, 6.45) is 3.40. The Labute approximate surface area is 149 Å². The minimum atomic E-state index is -0.419. The first-order valence-corrected chi connectivity index (χ1v) is 7.93. The van der Waals surface area contributed by atoms with Crippen LogP contribution in [0.4, 0.5) is 0 Å². The van der Waals surface area contributed by atoms with Crippen molar-refractivity contribution in [1.29, 1.82) is 5.26 Å². The summed E-state index contributed by atoms with van der Waals surface area (Å²) >= 11 is 0. The summed E-state index contributed by atoms with van der Waals surface area (Å²) in [6.45, 7) is 0. The van der Waals surface area contributed by atoms with E-state index in [9.17, 15) is 5.26 Å². The number of nitrogens with zero attached hydrogens (tertiary/aromatic N) is 3. The maximum Gasteiger partial charge on any atom is 0.244 e. The number of aromatic amines is 1. The van der Waals surface area contributed by atoms with E-state index in [0.29, 0.717) is 11.5 Å². The van der Waals surface area contributed by atoms with Crippen LogP contribution in [0.3, 0.4) is 0 Å². The monoisotopic (exact) mass is 345 g/mol. The standard InChI is InChI=1S/C19H15N5O2/c1-25-13-6-2-4-11(8-13)17-16-15(12-5-3-7-22-10-12)14(9-20)18(21)26-19(16)24-23-17/h2-8,10,15H,21H2,1H3,(H,23,24)/t15-/m1/s1. The maximum absolute atomic E-state index is 9.66. The normalized spacial score (nSPS) is 15.8. The molecule has 2 aromatic heterocycles. The number of rotatable bonds is 3. The number of nitrogens with two attached hydrogens (primary N) is 1. The lowest BCUT2D eigenvalue weighted by Crippen LogP contribution is -2.21. The number of benzene rings is 1. The molecule has 7 nitrogen and oxygen atoms in total. The number of aromatic nitrogens is 3. The van der Waals surface area contributed by atoms with Crippen molar-refractivity contribution < 1.29 is 9.47 Å². The van der Waals surface area contributed by atoms with Crippen LogP contribution >= 0.6 is 0 Å². The van der Waals surface area contributed by atoms with Crippen LogP contribution in [-0.2, 0) is 0 Å². The first-order valence-electron chi connectivity index (χ1n) is 7.93. The third-order valence-electron chi connectivity index (χ3n) is 4.32. The quantitative estimate of drug-likeness (QED) is 0.755. The smallest absolute Gasteiger partial charge is 0.244 e. The first kappa shape index (κ1) is 15.7. The molecule has 0 radical (unpaired) electrons. The highest BCUT2D eigenvalue weighted by Crippen LogP contribution is 2.45. The van der Waals surface area contributed by atoms with Gasteiger partial charge in [0.2, 0.25) is 11.8 Å². The molecule has 128 valence electrons. The van der Waals surface area contributed by atoms with Crippen LogP contribution in [-0.4, -0.2) is 22.3 Å². The number of hydrogen-bond acceptors (Lipinski definition) is 6. The molecule has 3 N–H and O–H groups in total. The number of H-pyrrole nitrogens is 1. The number of nitriles is 1.